The van der Waals surface area contributed by atoms with Crippen LogP contribution in [-0.4, -0.2) is 16.9 Å². The summed E-state index contributed by atoms with van der Waals surface area (Å²) in [6.45, 7) is 0. The molecule has 0 saturated carbocycles. The van der Waals surface area contributed by atoms with Crippen LogP contribution >= 0.6 is 11.6 Å². The number of nitrogens with one attached hydrogen (secondary N) is 1. The molecule has 1 heterocycles. The van der Waals surface area contributed by atoms with Gasteiger partial charge in [0.05, 0.1) is 17.0 Å². The number of pyridine rings is 1. The van der Waals surface area contributed by atoms with Crippen LogP contribution in [0.15, 0.2) is 73.1 Å². The van der Waals surface area contributed by atoms with Crippen LogP contribution in [-0.2, 0) is 11.2 Å². The summed E-state index contributed by atoms with van der Waals surface area (Å²) in [4.78, 5) is 28.2. The zero-order valence-electron chi connectivity index (χ0n) is 14.4. The number of rotatable bonds is 6. The molecule has 0 bridgehead atoms. The first-order valence-electron chi connectivity index (χ1n) is 8.37. The van der Waals surface area contributed by atoms with Crippen LogP contribution in [0.1, 0.15) is 22.3 Å². The average molecular weight is 381 g/mol. The normalized spacial score (nSPS) is 10.3. The largest absolute Gasteiger partial charge is 0.427 e. The second-order valence-electron chi connectivity index (χ2n) is 5.79. The Morgan fingerprint density at radius 1 is 1.00 bits per heavy atom. The van der Waals surface area contributed by atoms with E-state index >= 15 is 0 Å². The van der Waals surface area contributed by atoms with Crippen molar-refractivity contribution in [3.05, 3.63) is 89.2 Å². The Morgan fingerprint density at radius 3 is 2.48 bits per heavy atom. The van der Waals surface area contributed by atoms with Crippen molar-refractivity contribution in [1.29, 1.82) is 0 Å². The lowest BCUT2D eigenvalue weighted by Crippen LogP contribution is -2.12. The molecule has 5 nitrogen and oxygen atoms in total. The van der Waals surface area contributed by atoms with Crippen molar-refractivity contribution in [2.24, 2.45) is 0 Å². The third-order valence-corrected chi connectivity index (χ3v) is 4.13. The lowest BCUT2D eigenvalue weighted by Gasteiger charge is -2.08. The molecule has 1 aromatic heterocycles. The van der Waals surface area contributed by atoms with Gasteiger partial charge in [0.15, 0.2) is 0 Å². The van der Waals surface area contributed by atoms with Gasteiger partial charge in [-0.15, -0.1) is 0 Å². The highest BCUT2D eigenvalue weighted by molar-refractivity contribution is 6.34. The van der Waals surface area contributed by atoms with Gasteiger partial charge in [-0.2, -0.15) is 0 Å². The number of hydrogen-bond acceptors (Lipinski definition) is 4. The fraction of sp³-hybridized carbons (Fsp3) is 0.0952. The van der Waals surface area contributed by atoms with Gasteiger partial charge in [0, 0.05) is 18.1 Å². The molecule has 0 radical (unpaired) electrons. The van der Waals surface area contributed by atoms with E-state index < -0.39 is 0 Å². The Bertz CT molecular complexity index is 928. The van der Waals surface area contributed by atoms with E-state index in [0.29, 0.717) is 28.4 Å². The molecule has 6 heteroatoms. The fourth-order valence-electron chi connectivity index (χ4n) is 2.42. The van der Waals surface area contributed by atoms with Crippen molar-refractivity contribution in [1.82, 2.24) is 4.98 Å². The van der Waals surface area contributed by atoms with Gasteiger partial charge < -0.3 is 10.1 Å². The van der Waals surface area contributed by atoms with Crippen LogP contribution in [0.2, 0.25) is 5.02 Å². The van der Waals surface area contributed by atoms with Gasteiger partial charge in [-0.05, 0) is 54.4 Å². The van der Waals surface area contributed by atoms with Crippen molar-refractivity contribution in [2.75, 3.05) is 5.32 Å². The van der Waals surface area contributed by atoms with Gasteiger partial charge in [0.2, 0.25) is 0 Å². The van der Waals surface area contributed by atoms with Crippen LogP contribution in [0.25, 0.3) is 0 Å². The number of aryl methyl sites for hydroxylation is 1. The minimum Gasteiger partial charge on any atom is -0.427 e. The molecule has 3 aromatic rings. The number of nitrogens with zero attached hydrogens (tertiary/aromatic N) is 1. The first kappa shape index (κ1) is 18.6. The van der Waals surface area contributed by atoms with Crippen molar-refractivity contribution in [2.45, 2.75) is 12.8 Å². The van der Waals surface area contributed by atoms with E-state index in [1.807, 2.05) is 12.1 Å². The highest BCUT2D eigenvalue weighted by atomic mass is 35.5. The highest BCUT2D eigenvalue weighted by Crippen LogP contribution is 2.20. The Labute approximate surface area is 162 Å². The number of benzene rings is 2. The number of aromatic nitrogens is 1. The summed E-state index contributed by atoms with van der Waals surface area (Å²) >= 11 is 6.02. The summed E-state index contributed by atoms with van der Waals surface area (Å²) in [5, 5.41) is 3.14. The molecule has 3 rings (SSSR count). The standard InChI is InChI=1S/C21H17ClN2O3/c22-19-6-2-1-5-18(19)21(26)24-16-8-10-17(11-9-16)27-20(25)12-7-15-4-3-13-23-14-15/h1-6,8-11,13-14H,7,12H2,(H,24,26). The lowest BCUT2D eigenvalue weighted by atomic mass is 10.1. The summed E-state index contributed by atoms with van der Waals surface area (Å²) in [7, 11) is 0. The molecule has 1 amide bonds. The molecule has 0 atom stereocenters. The number of amides is 1. The molecular weight excluding hydrogens is 364 g/mol. The number of halogens is 1. The monoisotopic (exact) mass is 380 g/mol. The second kappa shape index (κ2) is 8.96. The SMILES string of the molecule is O=C(CCc1cccnc1)Oc1ccc(NC(=O)c2ccccc2Cl)cc1. The predicted molar refractivity (Wildman–Crippen MR) is 104 cm³/mol. The van der Waals surface area contributed by atoms with Gasteiger partial charge in [-0.25, -0.2) is 0 Å². The quantitative estimate of drug-likeness (QED) is 0.504. The summed E-state index contributed by atoms with van der Waals surface area (Å²) < 4.78 is 5.31. The third kappa shape index (κ3) is 5.39. The maximum atomic E-state index is 12.2. The van der Waals surface area contributed by atoms with E-state index in [1.54, 1.807) is 60.9 Å². The predicted octanol–water partition coefficient (Wildman–Crippen LogP) is 4.53. The Balaban J connectivity index is 1.53. The molecular formula is C21H17ClN2O3. The number of anilines is 1. The highest BCUT2D eigenvalue weighted by Gasteiger charge is 2.10. The second-order valence-corrected chi connectivity index (χ2v) is 6.20. The first-order chi connectivity index (χ1) is 13.1. The van der Waals surface area contributed by atoms with Crippen LogP contribution < -0.4 is 10.1 Å². The Kier molecular flexibility index (Phi) is 6.18. The molecule has 27 heavy (non-hydrogen) atoms. The summed E-state index contributed by atoms with van der Waals surface area (Å²) in [5.74, 6) is -0.213. The van der Waals surface area contributed by atoms with Gasteiger partial charge in [-0.1, -0.05) is 29.8 Å². The molecule has 0 aliphatic carbocycles. The van der Waals surface area contributed by atoms with Crippen LogP contribution in [0.3, 0.4) is 0 Å². The van der Waals surface area contributed by atoms with Crippen LogP contribution in [0.5, 0.6) is 5.75 Å². The van der Waals surface area contributed by atoms with Crippen LogP contribution in [0, 0.1) is 0 Å². The van der Waals surface area contributed by atoms with Crippen molar-refractivity contribution in [3.63, 3.8) is 0 Å². The van der Waals surface area contributed by atoms with Crippen molar-refractivity contribution < 1.29 is 14.3 Å². The van der Waals surface area contributed by atoms with E-state index in [1.165, 1.54) is 0 Å². The van der Waals surface area contributed by atoms with Gasteiger partial charge >= 0.3 is 5.97 Å². The molecule has 1 N–H and O–H groups in total. The molecule has 0 saturated heterocycles. The van der Waals surface area contributed by atoms with Gasteiger partial charge in [0.25, 0.3) is 5.91 Å². The maximum absolute atomic E-state index is 12.2. The smallest absolute Gasteiger partial charge is 0.311 e. The van der Waals surface area contributed by atoms with Gasteiger partial charge in [-0.3, -0.25) is 14.6 Å². The molecule has 0 unspecified atom stereocenters. The summed E-state index contributed by atoms with van der Waals surface area (Å²) in [6, 6.07) is 17.1. The van der Waals surface area contributed by atoms with E-state index in [4.69, 9.17) is 16.3 Å². The topological polar surface area (TPSA) is 68.3 Å². The number of hydrogen-bond donors (Lipinski definition) is 1. The Hall–Kier alpha value is -3.18. The molecule has 0 aliphatic heterocycles. The Morgan fingerprint density at radius 2 is 1.78 bits per heavy atom. The number of ether oxygens (including phenoxy) is 1. The summed E-state index contributed by atoms with van der Waals surface area (Å²) in [5.41, 5.74) is 1.95. The van der Waals surface area contributed by atoms with E-state index in [-0.39, 0.29) is 18.3 Å². The molecule has 136 valence electrons. The molecule has 0 spiro atoms. The zero-order chi connectivity index (χ0) is 19.1. The first-order valence-corrected chi connectivity index (χ1v) is 8.75. The number of carbonyl (C=O) groups excluding carboxylic acids is 2. The fourth-order valence-corrected chi connectivity index (χ4v) is 2.65. The minimum atomic E-state index is -0.327. The molecule has 2 aromatic carbocycles. The van der Waals surface area contributed by atoms with E-state index in [2.05, 4.69) is 10.3 Å². The molecule has 0 fully saturated rings. The van der Waals surface area contributed by atoms with E-state index in [0.717, 1.165) is 5.56 Å². The summed E-state index contributed by atoms with van der Waals surface area (Å²) in [6.07, 6.45) is 4.24. The number of esters is 1. The van der Waals surface area contributed by atoms with Crippen LogP contribution in [0.4, 0.5) is 5.69 Å². The number of carbonyl (C=O) groups is 2. The molecule has 0 aliphatic rings. The zero-order valence-corrected chi connectivity index (χ0v) is 15.1. The van der Waals surface area contributed by atoms with E-state index in [9.17, 15) is 9.59 Å². The van der Waals surface area contributed by atoms with Crippen molar-refractivity contribution in [3.8, 4) is 5.75 Å². The minimum absolute atomic E-state index is 0.261. The van der Waals surface area contributed by atoms with Gasteiger partial charge in [0.1, 0.15) is 5.75 Å². The third-order valence-electron chi connectivity index (χ3n) is 3.80. The van der Waals surface area contributed by atoms with Crippen molar-refractivity contribution >= 4 is 29.2 Å². The average Bonchev–Trinajstić information content (AvgIpc) is 2.69. The maximum Gasteiger partial charge on any atom is 0.311 e. The lowest BCUT2D eigenvalue weighted by molar-refractivity contribution is -0.134.